The first kappa shape index (κ1) is 16.2. The lowest BCUT2D eigenvalue weighted by molar-refractivity contribution is -0.467. The number of carbonyl (C=O) groups excluding carboxylic acids is 2. The molecular weight excluding hydrogens is 266 g/mol. The Morgan fingerprint density at radius 3 is 2.35 bits per heavy atom. The van der Waals surface area contributed by atoms with Crippen molar-refractivity contribution in [1.29, 1.82) is 0 Å². The van der Waals surface area contributed by atoms with Crippen LogP contribution in [0.3, 0.4) is 0 Å². The van der Waals surface area contributed by atoms with Crippen LogP contribution in [0, 0.1) is 10.1 Å². The molecule has 8 nitrogen and oxygen atoms in total. The molecule has 1 rings (SSSR count). The lowest BCUT2D eigenvalue weighted by Gasteiger charge is -2.33. The second-order valence-corrected chi connectivity index (χ2v) is 5.80. The monoisotopic (exact) mass is 287 g/mol. The van der Waals surface area contributed by atoms with Crippen LogP contribution in [0.25, 0.3) is 0 Å². The fourth-order valence-electron chi connectivity index (χ4n) is 1.92. The van der Waals surface area contributed by atoms with Crippen molar-refractivity contribution < 1.29 is 19.2 Å². The second kappa shape index (κ2) is 6.53. The molecule has 114 valence electrons. The second-order valence-electron chi connectivity index (χ2n) is 5.80. The molecule has 0 saturated carbocycles. The third-order valence-electron chi connectivity index (χ3n) is 2.78. The van der Waals surface area contributed by atoms with E-state index < -0.39 is 23.0 Å². The molecule has 0 radical (unpaired) electrons. The maximum Gasteiger partial charge on any atom is 0.410 e. The van der Waals surface area contributed by atoms with Gasteiger partial charge in [-0.25, -0.2) is 4.79 Å². The van der Waals surface area contributed by atoms with Crippen molar-refractivity contribution in [3.05, 3.63) is 10.1 Å². The number of ether oxygens (including phenoxy) is 1. The summed E-state index contributed by atoms with van der Waals surface area (Å²) in [6.07, 6.45) is 0.776. The molecule has 0 bridgehead atoms. The third-order valence-corrected chi connectivity index (χ3v) is 2.78. The van der Waals surface area contributed by atoms with Crippen LogP contribution in [0.4, 0.5) is 4.79 Å². The van der Waals surface area contributed by atoms with Gasteiger partial charge >= 0.3 is 6.09 Å². The Morgan fingerprint density at radius 2 is 1.90 bits per heavy atom. The molecule has 1 N–H and O–H groups in total. The van der Waals surface area contributed by atoms with Crippen LogP contribution in [0.1, 0.15) is 33.6 Å². The number of likely N-dealkylation sites (tertiary alicyclic amines) is 1. The van der Waals surface area contributed by atoms with Gasteiger partial charge in [0.1, 0.15) is 5.60 Å². The molecular formula is C12H21N3O5. The van der Waals surface area contributed by atoms with Gasteiger partial charge < -0.3 is 15.0 Å². The number of nitrogens with one attached hydrogen (secondary N) is 1. The van der Waals surface area contributed by atoms with Crippen LogP contribution in [0.5, 0.6) is 0 Å². The maximum atomic E-state index is 11.8. The van der Waals surface area contributed by atoms with E-state index in [0.717, 1.165) is 0 Å². The minimum Gasteiger partial charge on any atom is -0.444 e. The predicted octanol–water partition coefficient (Wildman–Crippen LogP) is 0.779. The smallest absolute Gasteiger partial charge is 0.410 e. The van der Waals surface area contributed by atoms with Crippen LogP contribution in [-0.4, -0.2) is 53.1 Å². The standard InChI is InChI=1S/C12H21N3O5/c1-12(2,3)20-11(17)14-6-4-9(5-7-14)13-10(16)8-15(18)19/h9H,4-8H2,1-3H3,(H,13,16). The SMILES string of the molecule is CC(C)(C)OC(=O)N1CCC(NC(=O)C[N+](=O)[O-])CC1. The van der Waals surface area contributed by atoms with Gasteiger partial charge in [0.25, 0.3) is 12.5 Å². The maximum absolute atomic E-state index is 11.8. The van der Waals surface area contributed by atoms with Gasteiger partial charge in [-0.15, -0.1) is 0 Å². The number of nitro groups is 1. The number of nitrogens with zero attached hydrogens (tertiary/aromatic N) is 2. The Morgan fingerprint density at radius 1 is 1.35 bits per heavy atom. The van der Waals surface area contributed by atoms with Crippen LogP contribution in [0.2, 0.25) is 0 Å². The first-order chi connectivity index (χ1) is 9.17. The van der Waals surface area contributed by atoms with Gasteiger partial charge in [-0.2, -0.15) is 0 Å². The molecule has 1 heterocycles. The number of carbonyl (C=O) groups is 2. The lowest BCUT2D eigenvalue weighted by Crippen LogP contribution is -2.48. The van der Waals surface area contributed by atoms with Crippen molar-refractivity contribution in [2.24, 2.45) is 0 Å². The van der Waals surface area contributed by atoms with E-state index in [2.05, 4.69) is 5.32 Å². The van der Waals surface area contributed by atoms with E-state index in [1.807, 2.05) is 0 Å². The van der Waals surface area contributed by atoms with Gasteiger partial charge in [0, 0.05) is 24.1 Å². The molecule has 2 amide bonds. The summed E-state index contributed by atoms with van der Waals surface area (Å²) >= 11 is 0. The van der Waals surface area contributed by atoms with Gasteiger partial charge in [0.05, 0.1) is 0 Å². The molecule has 1 fully saturated rings. The van der Waals surface area contributed by atoms with E-state index in [1.165, 1.54) is 0 Å². The number of amides is 2. The molecule has 1 saturated heterocycles. The van der Waals surface area contributed by atoms with Crippen LogP contribution < -0.4 is 5.32 Å². The van der Waals surface area contributed by atoms with Gasteiger partial charge in [-0.1, -0.05) is 0 Å². The summed E-state index contributed by atoms with van der Waals surface area (Å²) in [7, 11) is 0. The van der Waals surface area contributed by atoms with Gasteiger partial charge in [-0.05, 0) is 33.6 Å². The van der Waals surface area contributed by atoms with E-state index in [1.54, 1.807) is 25.7 Å². The largest absolute Gasteiger partial charge is 0.444 e. The summed E-state index contributed by atoms with van der Waals surface area (Å²) < 4.78 is 5.26. The van der Waals surface area contributed by atoms with E-state index in [-0.39, 0.29) is 12.1 Å². The zero-order valence-electron chi connectivity index (χ0n) is 12.0. The average Bonchev–Trinajstić information content (AvgIpc) is 2.26. The molecule has 0 spiro atoms. The Labute approximate surface area is 117 Å². The molecule has 1 aliphatic rings. The molecule has 0 unspecified atom stereocenters. The van der Waals surface area contributed by atoms with Gasteiger partial charge in [0.2, 0.25) is 0 Å². The van der Waals surface area contributed by atoms with Crippen LogP contribution in [-0.2, 0) is 9.53 Å². The van der Waals surface area contributed by atoms with Crippen molar-refractivity contribution in [2.45, 2.75) is 45.3 Å². The van der Waals surface area contributed by atoms with E-state index >= 15 is 0 Å². The molecule has 0 aromatic heterocycles. The highest BCUT2D eigenvalue weighted by molar-refractivity contribution is 5.77. The number of piperidine rings is 1. The summed E-state index contributed by atoms with van der Waals surface area (Å²) in [6, 6.07) is -0.124. The van der Waals surface area contributed by atoms with Crippen molar-refractivity contribution in [3.63, 3.8) is 0 Å². The Bertz CT molecular complexity index is 383. The highest BCUT2D eigenvalue weighted by Gasteiger charge is 2.27. The fraction of sp³-hybridized carbons (Fsp3) is 0.833. The van der Waals surface area contributed by atoms with Crippen LogP contribution >= 0.6 is 0 Å². The molecule has 1 aliphatic heterocycles. The minimum absolute atomic E-state index is 0.124. The molecule has 0 aromatic rings. The minimum atomic E-state index is -0.716. The number of rotatable bonds is 3. The molecule has 0 aliphatic carbocycles. The molecule has 0 atom stereocenters. The molecule has 20 heavy (non-hydrogen) atoms. The average molecular weight is 287 g/mol. The lowest BCUT2D eigenvalue weighted by atomic mass is 10.1. The van der Waals surface area contributed by atoms with Crippen molar-refractivity contribution in [1.82, 2.24) is 10.2 Å². The zero-order chi connectivity index (χ0) is 15.3. The van der Waals surface area contributed by atoms with Crippen LogP contribution in [0.15, 0.2) is 0 Å². The number of hydrogen-bond donors (Lipinski definition) is 1. The third kappa shape index (κ3) is 5.85. The van der Waals surface area contributed by atoms with E-state index in [9.17, 15) is 19.7 Å². The van der Waals surface area contributed by atoms with E-state index in [4.69, 9.17) is 4.74 Å². The predicted molar refractivity (Wildman–Crippen MR) is 70.8 cm³/mol. The van der Waals surface area contributed by atoms with E-state index in [0.29, 0.717) is 25.9 Å². The highest BCUT2D eigenvalue weighted by Crippen LogP contribution is 2.15. The quantitative estimate of drug-likeness (QED) is 0.610. The number of hydrogen-bond acceptors (Lipinski definition) is 5. The van der Waals surface area contributed by atoms with Crippen molar-refractivity contribution >= 4 is 12.0 Å². The first-order valence-electron chi connectivity index (χ1n) is 6.56. The fourth-order valence-corrected chi connectivity index (χ4v) is 1.92. The first-order valence-corrected chi connectivity index (χ1v) is 6.56. The summed E-state index contributed by atoms with van der Waals surface area (Å²) in [4.78, 5) is 34.2. The Kier molecular flexibility index (Phi) is 5.29. The van der Waals surface area contributed by atoms with Gasteiger partial charge in [-0.3, -0.25) is 14.9 Å². The van der Waals surface area contributed by atoms with Gasteiger partial charge in [0.15, 0.2) is 0 Å². The summed E-state index contributed by atoms with van der Waals surface area (Å²) in [6.45, 7) is 5.63. The summed E-state index contributed by atoms with van der Waals surface area (Å²) in [5.74, 6) is -0.592. The molecule has 0 aromatic carbocycles. The Hall–Kier alpha value is -1.86. The highest BCUT2D eigenvalue weighted by atomic mass is 16.6. The zero-order valence-corrected chi connectivity index (χ0v) is 12.0. The van der Waals surface area contributed by atoms with Crippen molar-refractivity contribution in [2.75, 3.05) is 19.6 Å². The normalized spacial score (nSPS) is 16.6. The summed E-state index contributed by atoms with van der Waals surface area (Å²) in [5.41, 5.74) is -0.534. The summed E-state index contributed by atoms with van der Waals surface area (Å²) in [5, 5.41) is 12.8. The topological polar surface area (TPSA) is 102 Å². The Balaban J connectivity index is 2.35. The molecule has 8 heteroatoms. The van der Waals surface area contributed by atoms with Crippen molar-refractivity contribution in [3.8, 4) is 0 Å².